The van der Waals surface area contributed by atoms with Crippen molar-refractivity contribution >= 4 is 11.8 Å². The third-order valence-electron chi connectivity index (χ3n) is 5.52. The Morgan fingerprint density at radius 3 is 2.53 bits per heavy atom. The van der Waals surface area contributed by atoms with Crippen LogP contribution in [0.3, 0.4) is 0 Å². The van der Waals surface area contributed by atoms with Crippen LogP contribution in [0, 0.1) is 0 Å². The van der Waals surface area contributed by atoms with Gasteiger partial charge in [-0.25, -0.2) is 0 Å². The van der Waals surface area contributed by atoms with Crippen molar-refractivity contribution in [3.8, 4) is 11.3 Å². The third kappa shape index (κ3) is 5.00. The summed E-state index contributed by atoms with van der Waals surface area (Å²) in [5.74, 6) is 0.285. The summed E-state index contributed by atoms with van der Waals surface area (Å²) in [5, 5.41) is 3.09. The Labute approximate surface area is 176 Å². The van der Waals surface area contributed by atoms with Gasteiger partial charge in [-0.3, -0.25) is 9.59 Å². The highest BCUT2D eigenvalue weighted by Crippen LogP contribution is 2.20. The Bertz CT molecular complexity index is 957. The smallest absolute Gasteiger partial charge is 0.271 e. The molecule has 0 aliphatic heterocycles. The summed E-state index contributed by atoms with van der Waals surface area (Å²) >= 11 is 0. The van der Waals surface area contributed by atoms with Gasteiger partial charge in [0, 0.05) is 11.7 Å². The highest BCUT2D eigenvalue weighted by atomic mass is 16.3. The molecular formula is C24H27N3O3. The quantitative estimate of drug-likeness (QED) is 0.613. The Morgan fingerprint density at radius 1 is 1.00 bits per heavy atom. The van der Waals surface area contributed by atoms with Crippen LogP contribution in [-0.4, -0.2) is 34.3 Å². The molecule has 0 spiro atoms. The lowest BCUT2D eigenvalue weighted by Gasteiger charge is -2.25. The van der Waals surface area contributed by atoms with E-state index in [1.165, 1.54) is 11.3 Å². The minimum Gasteiger partial charge on any atom is -0.467 e. The van der Waals surface area contributed by atoms with Crippen molar-refractivity contribution in [1.82, 2.24) is 15.2 Å². The zero-order valence-electron chi connectivity index (χ0n) is 17.0. The van der Waals surface area contributed by atoms with Gasteiger partial charge in [0.25, 0.3) is 5.91 Å². The van der Waals surface area contributed by atoms with Crippen molar-refractivity contribution in [1.29, 1.82) is 0 Å². The van der Waals surface area contributed by atoms with Crippen LogP contribution < -0.4 is 5.32 Å². The zero-order valence-corrected chi connectivity index (χ0v) is 17.0. The normalized spacial score (nSPS) is 14.4. The van der Waals surface area contributed by atoms with Gasteiger partial charge >= 0.3 is 0 Å². The van der Waals surface area contributed by atoms with E-state index in [0.717, 1.165) is 36.9 Å². The Morgan fingerprint density at radius 2 is 1.80 bits per heavy atom. The van der Waals surface area contributed by atoms with Crippen LogP contribution in [-0.2, 0) is 11.3 Å². The van der Waals surface area contributed by atoms with Crippen LogP contribution >= 0.6 is 0 Å². The fraction of sp³-hybridized carbons (Fsp3) is 0.333. The molecule has 1 aliphatic rings. The summed E-state index contributed by atoms with van der Waals surface area (Å²) in [4.78, 5) is 30.6. The second-order valence-electron chi connectivity index (χ2n) is 7.79. The van der Waals surface area contributed by atoms with Gasteiger partial charge in [-0.05, 0) is 42.7 Å². The van der Waals surface area contributed by atoms with Crippen LogP contribution in [0.25, 0.3) is 11.3 Å². The first-order valence-electron chi connectivity index (χ1n) is 10.5. The molecule has 2 amide bonds. The second kappa shape index (κ2) is 9.48. The molecule has 1 aliphatic carbocycles. The molecule has 1 saturated carbocycles. The molecule has 0 atom stereocenters. The zero-order chi connectivity index (χ0) is 20.8. The third-order valence-corrected chi connectivity index (χ3v) is 5.52. The number of aromatic amines is 1. The number of furan rings is 1. The van der Waals surface area contributed by atoms with Crippen molar-refractivity contribution < 1.29 is 14.0 Å². The highest BCUT2D eigenvalue weighted by molar-refractivity contribution is 5.95. The van der Waals surface area contributed by atoms with Gasteiger partial charge in [-0.15, -0.1) is 0 Å². The van der Waals surface area contributed by atoms with E-state index >= 15 is 0 Å². The van der Waals surface area contributed by atoms with Gasteiger partial charge in [0.1, 0.15) is 18.0 Å². The lowest BCUT2D eigenvalue weighted by Crippen LogP contribution is -2.44. The molecule has 1 aromatic carbocycles. The summed E-state index contributed by atoms with van der Waals surface area (Å²) in [6.07, 6.45) is 7.10. The molecule has 6 nitrogen and oxygen atoms in total. The number of H-pyrrole nitrogens is 1. The number of amides is 2. The molecule has 30 heavy (non-hydrogen) atoms. The topological polar surface area (TPSA) is 78.3 Å². The highest BCUT2D eigenvalue weighted by Gasteiger charge is 2.23. The van der Waals surface area contributed by atoms with Crippen molar-refractivity contribution in [2.24, 2.45) is 0 Å². The summed E-state index contributed by atoms with van der Waals surface area (Å²) in [6.45, 7) is 0.235. The number of carbonyl (C=O) groups excluding carboxylic acids is 2. The fourth-order valence-corrected chi connectivity index (χ4v) is 3.96. The Kier molecular flexibility index (Phi) is 6.32. The molecule has 4 rings (SSSR count). The molecule has 2 heterocycles. The average molecular weight is 405 g/mol. The van der Waals surface area contributed by atoms with Crippen molar-refractivity contribution in [3.05, 3.63) is 72.3 Å². The van der Waals surface area contributed by atoms with Crippen LogP contribution in [0.4, 0.5) is 0 Å². The van der Waals surface area contributed by atoms with E-state index in [9.17, 15) is 9.59 Å². The minimum absolute atomic E-state index is 0.00424. The number of carbonyl (C=O) groups is 2. The van der Waals surface area contributed by atoms with Crippen LogP contribution in [0.5, 0.6) is 0 Å². The van der Waals surface area contributed by atoms with E-state index in [-0.39, 0.29) is 30.9 Å². The lowest BCUT2D eigenvalue weighted by atomic mass is 9.95. The maximum atomic E-state index is 13.2. The summed E-state index contributed by atoms with van der Waals surface area (Å²) in [6, 6.07) is 17.3. The molecule has 0 bridgehead atoms. The van der Waals surface area contributed by atoms with E-state index in [1.807, 2.05) is 42.5 Å². The predicted molar refractivity (Wildman–Crippen MR) is 115 cm³/mol. The van der Waals surface area contributed by atoms with E-state index in [1.54, 1.807) is 18.4 Å². The fourth-order valence-electron chi connectivity index (χ4n) is 3.96. The summed E-state index contributed by atoms with van der Waals surface area (Å²) < 4.78 is 5.42. The molecular weight excluding hydrogens is 378 g/mol. The molecule has 3 aromatic rings. The van der Waals surface area contributed by atoms with Crippen LogP contribution in [0.2, 0.25) is 0 Å². The van der Waals surface area contributed by atoms with Crippen molar-refractivity contribution in [3.63, 3.8) is 0 Å². The first-order chi connectivity index (χ1) is 14.7. The predicted octanol–water partition coefficient (Wildman–Crippen LogP) is 4.37. The molecule has 156 valence electrons. The standard InChI is InChI=1S/C24H27N3O3/c28-23(25-19-10-5-2-6-11-19)17-27(16-20-12-7-15-30-20)24(29)22-14-13-21(26-22)18-8-3-1-4-9-18/h1,3-4,7-9,12-15,19,26H,2,5-6,10-11,16-17H2,(H,25,28). The number of hydrogen-bond acceptors (Lipinski definition) is 3. The van der Waals surface area contributed by atoms with Crippen molar-refractivity contribution in [2.75, 3.05) is 6.54 Å². The average Bonchev–Trinajstić information content (AvgIpc) is 3.46. The first-order valence-corrected chi connectivity index (χ1v) is 10.5. The second-order valence-corrected chi connectivity index (χ2v) is 7.79. The van der Waals surface area contributed by atoms with Gasteiger partial charge in [0.2, 0.25) is 5.91 Å². The number of aromatic nitrogens is 1. The molecule has 0 saturated heterocycles. The molecule has 0 unspecified atom stereocenters. The maximum absolute atomic E-state index is 13.2. The van der Waals surface area contributed by atoms with E-state index in [2.05, 4.69) is 10.3 Å². The number of benzene rings is 1. The number of rotatable bonds is 7. The molecule has 2 aromatic heterocycles. The Balaban J connectivity index is 1.48. The summed E-state index contributed by atoms with van der Waals surface area (Å²) in [5.41, 5.74) is 2.32. The SMILES string of the molecule is O=C(CN(Cc1ccco1)C(=O)c1ccc(-c2ccccc2)[nH]1)NC1CCCCC1. The van der Waals surface area contributed by atoms with Gasteiger partial charge in [0.05, 0.1) is 12.8 Å². The monoisotopic (exact) mass is 405 g/mol. The molecule has 0 radical (unpaired) electrons. The minimum atomic E-state index is -0.229. The van der Waals surface area contributed by atoms with Crippen LogP contribution in [0.1, 0.15) is 48.4 Å². The van der Waals surface area contributed by atoms with Gasteiger partial charge in [-0.2, -0.15) is 0 Å². The van der Waals surface area contributed by atoms with Crippen molar-refractivity contribution in [2.45, 2.75) is 44.7 Å². The summed E-state index contributed by atoms with van der Waals surface area (Å²) in [7, 11) is 0. The van der Waals surface area contributed by atoms with E-state index in [0.29, 0.717) is 11.5 Å². The maximum Gasteiger partial charge on any atom is 0.271 e. The Hall–Kier alpha value is -3.28. The van der Waals surface area contributed by atoms with E-state index < -0.39 is 0 Å². The lowest BCUT2D eigenvalue weighted by molar-refractivity contribution is -0.122. The number of nitrogens with zero attached hydrogens (tertiary/aromatic N) is 1. The molecule has 6 heteroatoms. The van der Waals surface area contributed by atoms with Gasteiger partial charge in [0.15, 0.2) is 0 Å². The van der Waals surface area contributed by atoms with Crippen LogP contribution in [0.15, 0.2) is 65.3 Å². The van der Waals surface area contributed by atoms with E-state index in [4.69, 9.17) is 4.42 Å². The molecule has 1 fully saturated rings. The number of nitrogens with one attached hydrogen (secondary N) is 2. The largest absolute Gasteiger partial charge is 0.467 e. The van der Waals surface area contributed by atoms with Gasteiger partial charge < -0.3 is 19.6 Å². The first kappa shape index (κ1) is 20.0. The van der Waals surface area contributed by atoms with Gasteiger partial charge in [-0.1, -0.05) is 49.6 Å². The number of hydrogen-bond donors (Lipinski definition) is 2. The molecule has 2 N–H and O–H groups in total.